The first-order chi connectivity index (χ1) is 22.7. The first-order valence-electron chi connectivity index (χ1n) is 17.4. The van der Waals surface area contributed by atoms with Gasteiger partial charge < -0.3 is 19.7 Å². The summed E-state index contributed by atoms with van der Waals surface area (Å²) in [5.74, 6) is 1.96. The fourth-order valence-electron chi connectivity index (χ4n) is 5.92. The van der Waals surface area contributed by atoms with Crippen LogP contribution in [0.25, 0.3) is 34.2 Å². The van der Waals surface area contributed by atoms with E-state index in [0.717, 1.165) is 46.2 Å². The van der Waals surface area contributed by atoms with Gasteiger partial charge in [0, 0.05) is 30.2 Å². The van der Waals surface area contributed by atoms with E-state index in [1.807, 2.05) is 0 Å². The molecule has 0 fully saturated rings. The van der Waals surface area contributed by atoms with Crippen molar-refractivity contribution in [2.75, 3.05) is 13.2 Å². The van der Waals surface area contributed by atoms with Crippen LogP contribution in [0.4, 0.5) is 0 Å². The molecule has 0 saturated carbocycles. The molecule has 7 heteroatoms. The zero-order chi connectivity index (χ0) is 33.6. The second-order valence-electron chi connectivity index (χ2n) is 12.9. The molecule has 3 aromatic carbocycles. The molecule has 0 aliphatic heterocycles. The van der Waals surface area contributed by atoms with Gasteiger partial charge in [-0.25, -0.2) is 15.0 Å². The molecule has 0 aliphatic carbocycles. The van der Waals surface area contributed by atoms with E-state index >= 15 is 0 Å². The number of hydrogen-bond donors (Lipinski definition) is 2. The molecule has 1 unspecified atom stereocenters. The highest BCUT2D eigenvalue weighted by atomic mass is 16.6. The van der Waals surface area contributed by atoms with Crippen molar-refractivity contribution in [3.8, 4) is 45.7 Å². The van der Waals surface area contributed by atoms with Gasteiger partial charge in [-0.2, -0.15) is 0 Å². The molecule has 252 valence electrons. The number of ether oxygens (including phenoxy) is 2. The van der Waals surface area contributed by atoms with Crippen molar-refractivity contribution in [2.45, 2.75) is 112 Å². The Morgan fingerprint density at radius 1 is 0.596 bits per heavy atom. The molecule has 1 aromatic heterocycles. The third kappa shape index (κ3) is 11.7. The van der Waals surface area contributed by atoms with Crippen molar-refractivity contribution in [1.29, 1.82) is 0 Å². The summed E-state index contributed by atoms with van der Waals surface area (Å²) >= 11 is 0. The molecular weight excluding hydrogens is 586 g/mol. The first kappa shape index (κ1) is 36.0. The summed E-state index contributed by atoms with van der Waals surface area (Å²) in [7, 11) is 0. The Kier molecular flexibility index (Phi) is 14.2. The van der Waals surface area contributed by atoms with Crippen LogP contribution in [0.3, 0.4) is 0 Å². The van der Waals surface area contributed by atoms with Crippen molar-refractivity contribution in [1.82, 2.24) is 15.0 Å². The van der Waals surface area contributed by atoms with Crippen LogP contribution in [0.2, 0.25) is 0 Å². The fraction of sp³-hybridized carbons (Fsp3) is 0.475. The van der Waals surface area contributed by atoms with E-state index in [0.29, 0.717) is 41.8 Å². The highest BCUT2D eigenvalue weighted by molar-refractivity contribution is 5.71. The van der Waals surface area contributed by atoms with E-state index in [2.05, 4.69) is 71.0 Å². The second-order valence-corrected chi connectivity index (χ2v) is 12.9. The Morgan fingerprint density at radius 3 is 1.60 bits per heavy atom. The second kappa shape index (κ2) is 18.5. The molecule has 7 nitrogen and oxygen atoms in total. The van der Waals surface area contributed by atoms with E-state index in [1.165, 1.54) is 51.4 Å². The van der Waals surface area contributed by atoms with Crippen LogP contribution < -0.4 is 4.74 Å². The van der Waals surface area contributed by atoms with Crippen LogP contribution in [0.5, 0.6) is 11.5 Å². The largest absolute Gasteiger partial charge is 0.507 e. The standard InChI is InChI=1S/C40H53N3O4/c1-6-7-8-9-10-11-12-13-14-15-19-47-37(45)18-20-46-34-16-17-35(36(44)27-34)40-42-38(32-23-28(2)21-29(3)24-32)41-39(43-40)33-25-30(4)22-31(5)26-33/h16-17,21-27,37,44-45H,6-15,18-20H2,1-5H3. The van der Waals surface area contributed by atoms with Crippen molar-refractivity contribution in [2.24, 2.45) is 0 Å². The smallest absolute Gasteiger partial charge is 0.167 e. The molecule has 1 heterocycles. The van der Waals surface area contributed by atoms with Crippen LogP contribution >= 0.6 is 0 Å². The van der Waals surface area contributed by atoms with Gasteiger partial charge in [0.1, 0.15) is 11.5 Å². The summed E-state index contributed by atoms with van der Waals surface area (Å²) < 4.78 is 11.4. The maximum atomic E-state index is 11.1. The lowest BCUT2D eigenvalue weighted by atomic mass is 10.1. The molecule has 1 atom stereocenters. The number of aromatic hydroxyl groups is 1. The number of nitrogens with zero attached hydrogens (tertiary/aromatic N) is 3. The van der Waals surface area contributed by atoms with Crippen LogP contribution in [-0.2, 0) is 4.74 Å². The molecule has 0 aliphatic rings. The Balaban J connectivity index is 1.34. The first-order valence-corrected chi connectivity index (χ1v) is 17.4. The maximum absolute atomic E-state index is 11.1. The predicted molar refractivity (Wildman–Crippen MR) is 191 cm³/mol. The molecule has 0 bridgehead atoms. The minimum atomic E-state index is -0.876. The lowest BCUT2D eigenvalue weighted by molar-refractivity contribution is -0.108. The van der Waals surface area contributed by atoms with Crippen molar-refractivity contribution in [3.05, 3.63) is 76.9 Å². The Morgan fingerprint density at radius 2 is 1.09 bits per heavy atom. The number of aliphatic hydroxyl groups is 1. The van der Waals surface area contributed by atoms with E-state index in [-0.39, 0.29) is 12.4 Å². The summed E-state index contributed by atoms with van der Waals surface area (Å²) in [6.45, 7) is 11.3. The monoisotopic (exact) mass is 639 g/mol. The third-order valence-corrected chi connectivity index (χ3v) is 8.25. The molecule has 0 saturated heterocycles. The molecule has 4 aromatic rings. The van der Waals surface area contributed by atoms with Gasteiger partial charge in [0.25, 0.3) is 0 Å². The number of aromatic nitrogens is 3. The van der Waals surface area contributed by atoms with E-state index < -0.39 is 6.29 Å². The van der Waals surface area contributed by atoms with Crippen molar-refractivity contribution < 1.29 is 19.7 Å². The highest BCUT2D eigenvalue weighted by Gasteiger charge is 2.16. The average molecular weight is 640 g/mol. The van der Waals surface area contributed by atoms with Gasteiger partial charge >= 0.3 is 0 Å². The van der Waals surface area contributed by atoms with Crippen LogP contribution in [-0.4, -0.2) is 44.7 Å². The summed E-state index contributed by atoms with van der Waals surface area (Å²) in [5, 5.41) is 21.3. The minimum Gasteiger partial charge on any atom is -0.507 e. The number of benzene rings is 3. The Bertz CT molecular complexity index is 1460. The molecule has 4 rings (SSSR count). The van der Waals surface area contributed by atoms with Crippen LogP contribution in [0, 0.1) is 27.7 Å². The summed E-state index contributed by atoms with van der Waals surface area (Å²) in [5.41, 5.74) is 6.75. The average Bonchev–Trinajstić information content (AvgIpc) is 3.02. The predicted octanol–water partition coefficient (Wildman–Crippen LogP) is 9.84. The van der Waals surface area contributed by atoms with Crippen LogP contribution in [0.15, 0.2) is 54.6 Å². The molecule has 47 heavy (non-hydrogen) atoms. The minimum absolute atomic E-state index is 0.00389. The van der Waals surface area contributed by atoms with Crippen molar-refractivity contribution >= 4 is 0 Å². The topological polar surface area (TPSA) is 97.6 Å². The quantitative estimate of drug-likeness (QED) is 0.0778. The summed E-state index contributed by atoms with van der Waals surface area (Å²) in [6.07, 6.45) is 12.1. The van der Waals surface area contributed by atoms with Gasteiger partial charge in [-0.05, 0) is 70.5 Å². The van der Waals surface area contributed by atoms with Gasteiger partial charge in [0.15, 0.2) is 23.8 Å². The van der Waals surface area contributed by atoms with Gasteiger partial charge in [0.05, 0.1) is 12.2 Å². The fourth-order valence-corrected chi connectivity index (χ4v) is 5.92. The molecule has 0 spiro atoms. The molecular formula is C40H53N3O4. The number of aryl methyl sites for hydroxylation is 4. The number of unbranched alkanes of at least 4 members (excludes halogenated alkanes) is 9. The molecule has 0 amide bonds. The van der Waals surface area contributed by atoms with Gasteiger partial charge in [0.2, 0.25) is 0 Å². The highest BCUT2D eigenvalue weighted by Crippen LogP contribution is 2.33. The third-order valence-electron chi connectivity index (χ3n) is 8.25. The lowest BCUT2D eigenvalue weighted by Gasteiger charge is -2.14. The molecule has 0 radical (unpaired) electrons. The zero-order valence-electron chi connectivity index (χ0n) is 29.0. The van der Waals surface area contributed by atoms with E-state index in [9.17, 15) is 10.2 Å². The maximum Gasteiger partial charge on any atom is 0.167 e. The van der Waals surface area contributed by atoms with E-state index in [4.69, 9.17) is 24.4 Å². The Hall–Kier alpha value is -3.81. The van der Waals surface area contributed by atoms with Gasteiger partial charge in [-0.1, -0.05) is 99.1 Å². The summed E-state index contributed by atoms with van der Waals surface area (Å²) in [6, 6.07) is 17.6. The van der Waals surface area contributed by atoms with Gasteiger partial charge in [-0.3, -0.25) is 0 Å². The number of phenolic OH excluding ortho intramolecular Hbond substituents is 1. The van der Waals surface area contributed by atoms with Crippen molar-refractivity contribution in [3.63, 3.8) is 0 Å². The van der Waals surface area contributed by atoms with Crippen LogP contribution in [0.1, 0.15) is 99.8 Å². The number of phenols is 1. The number of aliphatic hydroxyl groups excluding tert-OH is 1. The number of rotatable bonds is 19. The van der Waals surface area contributed by atoms with E-state index in [1.54, 1.807) is 18.2 Å². The lowest BCUT2D eigenvalue weighted by Crippen LogP contribution is -2.16. The van der Waals surface area contributed by atoms with Gasteiger partial charge in [-0.15, -0.1) is 0 Å². The summed E-state index contributed by atoms with van der Waals surface area (Å²) in [4.78, 5) is 14.5. The zero-order valence-corrected chi connectivity index (χ0v) is 29.0. The molecule has 2 N–H and O–H groups in total. The Labute approximate surface area is 281 Å². The number of hydrogen-bond acceptors (Lipinski definition) is 7. The normalized spacial score (nSPS) is 12.0. The SMILES string of the molecule is CCCCCCCCCCCCOC(O)CCOc1ccc(-c2nc(-c3cc(C)cc(C)c3)nc(-c3cc(C)cc(C)c3)n2)c(O)c1.